The summed E-state index contributed by atoms with van der Waals surface area (Å²) in [6.07, 6.45) is 9.26. The van der Waals surface area contributed by atoms with Crippen molar-refractivity contribution < 1.29 is 9.90 Å². The third kappa shape index (κ3) is 2.09. The van der Waals surface area contributed by atoms with Gasteiger partial charge in [-0.2, -0.15) is 0 Å². The van der Waals surface area contributed by atoms with E-state index in [0.717, 1.165) is 12.3 Å². The lowest BCUT2D eigenvalue weighted by atomic mass is 9.64. The lowest BCUT2D eigenvalue weighted by Crippen LogP contribution is -2.34. The van der Waals surface area contributed by atoms with Crippen LogP contribution in [0.1, 0.15) is 39.5 Å². The average Bonchev–Trinajstić information content (AvgIpc) is 2.18. The molecule has 3 rings (SSSR count). The van der Waals surface area contributed by atoms with Crippen LogP contribution in [0.2, 0.25) is 0 Å². The first-order chi connectivity index (χ1) is 6.99. The number of rotatable bonds is 3. The first-order valence-corrected chi connectivity index (χ1v) is 5.91. The van der Waals surface area contributed by atoms with Gasteiger partial charge >= 0.3 is 5.97 Å². The molecule has 3 unspecified atom stereocenters. The molecule has 0 spiro atoms. The van der Waals surface area contributed by atoms with Gasteiger partial charge in [-0.3, -0.25) is 4.79 Å². The zero-order valence-electron chi connectivity index (χ0n) is 9.57. The fraction of sp³-hybridized carbons (Fsp3) is 0.769. The van der Waals surface area contributed by atoms with Crippen LogP contribution in [0.3, 0.4) is 0 Å². The standard InChI is InChI=1S/C13H20O2/c1-13(2,12(14)15)8-11-7-9-3-5-10(11)6-4-9/h3,5,9-11H,4,6-8H2,1-2H3,(H,14,15). The SMILES string of the molecule is CC(C)(CC1CC2C=CC1CC2)C(=O)O. The van der Waals surface area contributed by atoms with Crippen molar-refractivity contribution in [2.45, 2.75) is 39.5 Å². The van der Waals surface area contributed by atoms with Gasteiger partial charge in [-0.1, -0.05) is 12.2 Å². The van der Waals surface area contributed by atoms with Crippen molar-refractivity contribution in [3.05, 3.63) is 12.2 Å². The van der Waals surface area contributed by atoms with Crippen LogP contribution in [-0.4, -0.2) is 11.1 Å². The first kappa shape index (κ1) is 10.7. The maximum Gasteiger partial charge on any atom is 0.309 e. The number of hydrogen-bond acceptors (Lipinski definition) is 1. The molecule has 0 heterocycles. The predicted octanol–water partition coefficient (Wildman–Crippen LogP) is 3.09. The highest BCUT2D eigenvalue weighted by atomic mass is 16.4. The van der Waals surface area contributed by atoms with Crippen molar-refractivity contribution in [3.8, 4) is 0 Å². The molecule has 0 aromatic rings. The lowest BCUT2D eigenvalue weighted by Gasteiger charge is -2.40. The second-order valence-electron chi connectivity index (χ2n) is 5.78. The average molecular weight is 208 g/mol. The molecule has 3 aliphatic carbocycles. The van der Waals surface area contributed by atoms with Crippen molar-refractivity contribution >= 4 is 5.97 Å². The van der Waals surface area contributed by atoms with Crippen LogP contribution < -0.4 is 0 Å². The van der Waals surface area contributed by atoms with Gasteiger partial charge in [0.05, 0.1) is 5.41 Å². The molecule has 0 aromatic heterocycles. The second-order valence-corrected chi connectivity index (χ2v) is 5.78. The van der Waals surface area contributed by atoms with Crippen LogP contribution in [0.5, 0.6) is 0 Å². The number of carboxylic acid groups (broad SMARTS) is 1. The summed E-state index contributed by atoms with van der Waals surface area (Å²) < 4.78 is 0. The van der Waals surface area contributed by atoms with Gasteiger partial charge in [0.2, 0.25) is 0 Å². The largest absolute Gasteiger partial charge is 0.481 e. The number of allylic oxidation sites excluding steroid dienone is 2. The maximum absolute atomic E-state index is 11.1. The number of carbonyl (C=O) groups is 1. The minimum atomic E-state index is -0.659. The van der Waals surface area contributed by atoms with Gasteiger partial charge in [0.15, 0.2) is 0 Å². The molecule has 0 aromatic carbocycles. The smallest absolute Gasteiger partial charge is 0.309 e. The molecule has 0 aliphatic heterocycles. The van der Waals surface area contributed by atoms with E-state index < -0.39 is 11.4 Å². The number of carboxylic acids is 1. The zero-order valence-corrected chi connectivity index (χ0v) is 9.57. The summed E-state index contributed by atoms with van der Waals surface area (Å²) in [5.41, 5.74) is -0.560. The monoisotopic (exact) mass is 208 g/mol. The highest BCUT2D eigenvalue weighted by molar-refractivity contribution is 5.73. The number of fused-ring (bicyclic) bond motifs is 2. The van der Waals surface area contributed by atoms with E-state index in [1.807, 2.05) is 13.8 Å². The topological polar surface area (TPSA) is 37.3 Å². The number of hydrogen-bond donors (Lipinski definition) is 1. The molecule has 0 saturated heterocycles. The van der Waals surface area contributed by atoms with E-state index in [2.05, 4.69) is 12.2 Å². The van der Waals surface area contributed by atoms with Crippen molar-refractivity contribution in [2.75, 3.05) is 0 Å². The third-order valence-corrected chi connectivity index (χ3v) is 4.06. The van der Waals surface area contributed by atoms with E-state index >= 15 is 0 Å². The fourth-order valence-electron chi connectivity index (χ4n) is 3.03. The summed E-state index contributed by atoms with van der Waals surface area (Å²) >= 11 is 0. The van der Waals surface area contributed by atoms with Crippen molar-refractivity contribution in [3.63, 3.8) is 0 Å². The highest BCUT2D eigenvalue weighted by Gasteiger charge is 2.38. The minimum absolute atomic E-state index is 0.560. The lowest BCUT2D eigenvalue weighted by molar-refractivity contribution is -0.148. The van der Waals surface area contributed by atoms with Gasteiger partial charge in [0, 0.05) is 0 Å². The van der Waals surface area contributed by atoms with Crippen LogP contribution in [-0.2, 0) is 4.79 Å². The summed E-state index contributed by atoms with van der Waals surface area (Å²) in [5, 5.41) is 9.12. The molecule has 2 heteroatoms. The molecule has 2 nitrogen and oxygen atoms in total. The van der Waals surface area contributed by atoms with Crippen molar-refractivity contribution in [2.24, 2.45) is 23.2 Å². The van der Waals surface area contributed by atoms with E-state index in [1.165, 1.54) is 19.3 Å². The van der Waals surface area contributed by atoms with Crippen LogP contribution in [0.15, 0.2) is 12.2 Å². The van der Waals surface area contributed by atoms with Gasteiger partial charge in [0.1, 0.15) is 0 Å². The second kappa shape index (κ2) is 3.66. The van der Waals surface area contributed by atoms with E-state index in [-0.39, 0.29) is 0 Å². The highest BCUT2D eigenvalue weighted by Crippen LogP contribution is 2.45. The zero-order chi connectivity index (χ0) is 11.1. The van der Waals surface area contributed by atoms with Gasteiger partial charge in [0.25, 0.3) is 0 Å². The molecule has 1 fully saturated rings. The minimum Gasteiger partial charge on any atom is -0.481 e. The quantitative estimate of drug-likeness (QED) is 0.724. The fourth-order valence-corrected chi connectivity index (χ4v) is 3.03. The van der Waals surface area contributed by atoms with Gasteiger partial charge < -0.3 is 5.11 Å². The molecule has 3 aliphatic rings. The molecule has 3 atom stereocenters. The Hall–Kier alpha value is -0.790. The molecule has 0 radical (unpaired) electrons. The molecular formula is C13H20O2. The molecule has 1 saturated carbocycles. The maximum atomic E-state index is 11.1. The van der Waals surface area contributed by atoms with Crippen molar-refractivity contribution in [1.82, 2.24) is 0 Å². The Morgan fingerprint density at radius 2 is 2.13 bits per heavy atom. The first-order valence-electron chi connectivity index (χ1n) is 5.91. The van der Waals surface area contributed by atoms with Crippen LogP contribution >= 0.6 is 0 Å². The summed E-state index contributed by atoms with van der Waals surface area (Å²) in [4.78, 5) is 11.1. The Balaban J connectivity index is 2.02. The Morgan fingerprint density at radius 1 is 1.40 bits per heavy atom. The normalized spacial score (nSPS) is 34.4. The summed E-state index contributed by atoms with van der Waals surface area (Å²) in [7, 11) is 0. The Labute approximate surface area is 91.4 Å². The summed E-state index contributed by atoms with van der Waals surface area (Å²) in [6.45, 7) is 3.70. The summed E-state index contributed by atoms with van der Waals surface area (Å²) in [6, 6.07) is 0. The molecule has 2 bridgehead atoms. The summed E-state index contributed by atoms with van der Waals surface area (Å²) in [5.74, 6) is 1.31. The Bertz CT molecular complexity index is 291. The van der Waals surface area contributed by atoms with E-state index in [4.69, 9.17) is 5.11 Å². The van der Waals surface area contributed by atoms with Crippen LogP contribution in [0.25, 0.3) is 0 Å². The van der Waals surface area contributed by atoms with Gasteiger partial charge in [-0.05, 0) is 57.3 Å². The van der Waals surface area contributed by atoms with E-state index in [0.29, 0.717) is 11.8 Å². The van der Waals surface area contributed by atoms with E-state index in [1.54, 1.807) is 0 Å². The van der Waals surface area contributed by atoms with Crippen LogP contribution in [0, 0.1) is 23.2 Å². The Morgan fingerprint density at radius 3 is 2.53 bits per heavy atom. The molecule has 0 amide bonds. The third-order valence-electron chi connectivity index (χ3n) is 4.06. The molecular weight excluding hydrogens is 188 g/mol. The van der Waals surface area contributed by atoms with Crippen LogP contribution in [0.4, 0.5) is 0 Å². The Kier molecular flexibility index (Phi) is 2.61. The van der Waals surface area contributed by atoms with Gasteiger partial charge in [-0.15, -0.1) is 0 Å². The molecule has 1 N–H and O–H groups in total. The van der Waals surface area contributed by atoms with Gasteiger partial charge in [-0.25, -0.2) is 0 Å². The van der Waals surface area contributed by atoms with E-state index in [9.17, 15) is 4.79 Å². The molecule has 84 valence electrons. The predicted molar refractivity (Wildman–Crippen MR) is 59.5 cm³/mol. The van der Waals surface area contributed by atoms with Crippen molar-refractivity contribution in [1.29, 1.82) is 0 Å². The number of aliphatic carboxylic acids is 1. The molecule has 15 heavy (non-hydrogen) atoms.